The van der Waals surface area contributed by atoms with Gasteiger partial charge in [0.25, 0.3) is 0 Å². The minimum Gasteiger partial charge on any atom is -0.449 e. The first-order valence-electron chi connectivity index (χ1n) is 12.3. The van der Waals surface area contributed by atoms with E-state index in [0.29, 0.717) is 45.9 Å². The van der Waals surface area contributed by atoms with Crippen molar-refractivity contribution in [2.45, 2.75) is 32.1 Å². The number of alkyl halides is 1. The van der Waals surface area contributed by atoms with Gasteiger partial charge in [-0.3, -0.25) is 9.97 Å². The Hall–Kier alpha value is -2.68. The number of unbranched alkanes of at least 4 members (excludes halogenated alkanes) is 3. The second-order valence-corrected chi connectivity index (χ2v) is 8.45. The summed E-state index contributed by atoms with van der Waals surface area (Å²) in [6.07, 6.45) is 8.21. The van der Waals surface area contributed by atoms with Gasteiger partial charge in [-0.25, -0.2) is 4.79 Å². The molecule has 1 amide bonds. The van der Waals surface area contributed by atoms with E-state index in [-0.39, 0.29) is 0 Å². The Morgan fingerprint density at radius 2 is 1.60 bits per heavy atom. The average Bonchev–Trinajstić information content (AvgIpc) is 2.89. The maximum Gasteiger partial charge on any atom is 0.407 e. The van der Waals surface area contributed by atoms with Crippen LogP contribution in [0.1, 0.15) is 32.1 Å². The topological polar surface area (TPSA) is 94.6 Å². The van der Waals surface area contributed by atoms with Gasteiger partial charge in [0.15, 0.2) is 0 Å². The number of carbonyl (C=O) groups excluding carboxylic acids is 1. The summed E-state index contributed by atoms with van der Waals surface area (Å²) >= 11 is 5.65. The second-order valence-electron chi connectivity index (χ2n) is 8.07. The van der Waals surface area contributed by atoms with Crippen LogP contribution in [0.15, 0.2) is 42.7 Å². The summed E-state index contributed by atoms with van der Waals surface area (Å²) in [5.41, 5.74) is 2.75. The van der Waals surface area contributed by atoms with Crippen LogP contribution in [-0.4, -0.2) is 68.1 Å². The van der Waals surface area contributed by atoms with Crippen LogP contribution < -0.4 is 10.6 Å². The van der Waals surface area contributed by atoms with Crippen molar-refractivity contribution < 1.29 is 19.0 Å². The first kappa shape index (κ1) is 26.9. The summed E-state index contributed by atoms with van der Waals surface area (Å²) in [5, 5.41) is 8.17. The van der Waals surface area contributed by atoms with E-state index in [2.05, 4.69) is 26.7 Å². The Bertz CT molecular complexity index is 1040. The molecule has 3 aromatic rings. The maximum atomic E-state index is 11.8. The van der Waals surface area contributed by atoms with Gasteiger partial charge >= 0.3 is 6.09 Å². The van der Waals surface area contributed by atoms with Gasteiger partial charge in [0.05, 0.1) is 37.5 Å². The SMILES string of the molecule is O=C(NCCOCCOCCCCCCCl)OCCCNc1cc2cccnc2c2ncccc12. The first-order valence-corrected chi connectivity index (χ1v) is 12.8. The van der Waals surface area contributed by atoms with Crippen LogP contribution in [0.3, 0.4) is 0 Å². The number of fused-ring (bicyclic) bond motifs is 3. The molecule has 3 rings (SSSR count). The monoisotopic (exact) mass is 502 g/mol. The van der Waals surface area contributed by atoms with Crippen molar-refractivity contribution >= 4 is 45.2 Å². The lowest BCUT2D eigenvalue weighted by atomic mass is 10.1. The second kappa shape index (κ2) is 16.1. The number of nitrogens with one attached hydrogen (secondary N) is 2. The van der Waals surface area contributed by atoms with Crippen molar-refractivity contribution in [3.05, 3.63) is 42.7 Å². The number of halogens is 1. The Labute approximate surface area is 211 Å². The van der Waals surface area contributed by atoms with Gasteiger partial charge in [-0.1, -0.05) is 18.9 Å². The van der Waals surface area contributed by atoms with Crippen LogP contribution in [-0.2, 0) is 14.2 Å². The number of nitrogens with zero attached hydrogens (tertiary/aromatic N) is 2. The molecular formula is C26H35ClN4O4. The number of ether oxygens (including phenoxy) is 3. The molecule has 0 bridgehead atoms. The van der Waals surface area contributed by atoms with Gasteiger partial charge in [0.1, 0.15) is 0 Å². The van der Waals surface area contributed by atoms with Gasteiger partial charge in [0, 0.05) is 54.4 Å². The standard InChI is InChI=1S/C26H35ClN4O4/c27-10-3-1-2-4-15-33-18-19-34-17-14-31-26(32)35-16-7-13-28-23-20-21-8-5-11-29-24(21)25-22(23)9-6-12-30-25/h5-6,8-9,11-12,20,28H,1-4,7,10,13-19H2,(H,31,32). The van der Waals surface area contributed by atoms with Crippen molar-refractivity contribution in [1.82, 2.24) is 15.3 Å². The molecule has 9 heteroatoms. The fraction of sp³-hybridized carbons (Fsp3) is 0.500. The predicted molar refractivity (Wildman–Crippen MR) is 140 cm³/mol. The molecule has 2 N–H and O–H groups in total. The highest BCUT2D eigenvalue weighted by Crippen LogP contribution is 2.29. The Morgan fingerprint density at radius 1 is 0.829 bits per heavy atom. The Morgan fingerprint density at radius 3 is 2.46 bits per heavy atom. The lowest BCUT2D eigenvalue weighted by Gasteiger charge is -2.12. The van der Waals surface area contributed by atoms with Crippen LogP contribution in [0.25, 0.3) is 21.8 Å². The number of amides is 1. The van der Waals surface area contributed by atoms with Gasteiger partial charge < -0.3 is 24.8 Å². The number of aromatic nitrogens is 2. The van der Waals surface area contributed by atoms with E-state index in [1.165, 1.54) is 0 Å². The zero-order chi connectivity index (χ0) is 24.6. The minimum atomic E-state index is -0.437. The summed E-state index contributed by atoms with van der Waals surface area (Å²) in [5.74, 6) is 0.730. The molecule has 0 aliphatic carbocycles. The van der Waals surface area contributed by atoms with Gasteiger partial charge in [-0.2, -0.15) is 0 Å². The third-order valence-electron chi connectivity index (χ3n) is 5.39. The zero-order valence-electron chi connectivity index (χ0n) is 20.1. The number of rotatable bonds is 17. The van der Waals surface area contributed by atoms with Gasteiger partial charge in [0.2, 0.25) is 0 Å². The molecule has 8 nitrogen and oxygen atoms in total. The van der Waals surface area contributed by atoms with E-state index < -0.39 is 6.09 Å². The van der Waals surface area contributed by atoms with Crippen LogP contribution in [0.2, 0.25) is 0 Å². The third-order valence-corrected chi connectivity index (χ3v) is 5.66. The van der Waals surface area contributed by atoms with Gasteiger partial charge in [-0.15, -0.1) is 11.6 Å². The fourth-order valence-electron chi connectivity index (χ4n) is 3.63. The van der Waals surface area contributed by atoms with Crippen molar-refractivity contribution in [3.8, 4) is 0 Å². The first-order chi connectivity index (χ1) is 17.3. The van der Waals surface area contributed by atoms with Crippen LogP contribution in [0.4, 0.5) is 10.5 Å². The average molecular weight is 503 g/mol. The molecule has 0 saturated heterocycles. The summed E-state index contributed by atoms with van der Waals surface area (Å²) in [6.45, 7) is 3.64. The quantitative estimate of drug-likeness (QED) is 0.150. The molecule has 0 aliphatic heterocycles. The summed E-state index contributed by atoms with van der Waals surface area (Å²) in [7, 11) is 0. The smallest absolute Gasteiger partial charge is 0.407 e. The predicted octanol–water partition coefficient (Wildman–Crippen LogP) is 5.14. The number of alkyl carbamates (subject to hydrolysis) is 1. The molecule has 0 saturated carbocycles. The number of pyridine rings is 2. The van der Waals surface area contributed by atoms with Gasteiger partial charge in [-0.05, 0) is 43.5 Å². The largest absolute Gasteiger partial charge is 0.449 e. The molecule has 0 fully saturated rings. The molecular weight excluding hydrogens is 468 g/mol. The molecule has 0 spiro atoms. The van der Waals surface area contributed by atoms with Crippen molar-refractivity contribution in [1.29, 1.82) is 0 Å². The van der Waals surface area contributed by atoms with E-state index in [1.807, 2.05) is 24.3 Å². The van der Waals surface area contributed by atoms with E-state index >= 15 is 0 Å². The van der Waals surface area contributed by atoms with Crippen molar-refractivity contribution in [2.75, 3.05) is 57.3 Å². The van der Waals surface area contributed by atoms with Crippen LogP contribution >= 0.6 is 11.6 Å². The number of benzene rings is 1. The summed E-state index contributed by atoms with van der Waals surface area (Å²) < 4.78 is 16.2. The van der Waals surface area contributed by atoms with Crippen LogP contribution in [0.5, 0.6) is 0 Å². The molecule has 35 heavy (non-hydrogen) atoms. The Balaban J connectivity index is 1.22. The maximum absolute atomic E-state index is 11.8. The van der Waals surface area contributed by atoms with E-state index in [9.17, 15) is 4.79 Å². The normalized spacial score (nSPS) is 11.1. The molecule has 2 aromatic heterocycles. The molecule has 190 valence electrons. The number of carbonyl (C=O) groups is 1. The number of hydrogen-bond acceptors (Lipinski definition) is 7. The lowest BCUT2D eigenvalue weighted by Crippen LogP contribution is -2.28. The highest BCUT2D eigenvalue weighted by molar-refractivity contribution is 6.17. The molecule has 0 radical (unpaired) electrons. The summed E-state index contributed by atoms with van der Waals surface area (Å²) in [6, 6.07) is 9.96. The molecule has 0 aliphatic rings. The van der Waals surface area contributed by atoms with Crippen molar-refractivity contribution in [3.63, 3.8) is 0 Å². The fourth-order valence-corrected chi connectivity index (χ4v) is 3.82. The lowest BCUT2D eigenvalue weighted by molar-refractivity contribution is 0.0469. The van der Waals surface area contributed by atoms with Crippen molar-refractivity contribution in [2.24, 2.45) is 0 Å². The molecule has 0 atom stereocenters. The van der Waals surface area contributed by atoms with Crippen LogP contribution in [0, 0.1) is 0 Å². The molecule has 0 unspecified atom stereocenters. The Kier molecular flexibility index (Phi) is 12.4. The minimum absolute atomic E-state index is 0.323. The highest BCUT2D eigenvalue weighted by atomic mass is 35.5. The third kappa shape index (κ3) is 9.47. The highest BCUT2D eigenvalue weighted by Gasteiger charge is 2.08. The molecule has 1 aromatic carbocycles. The zero-order valence-corrected chi connectivity index (χ0v) is 20.9. The van der Waals surface area contributed by atoms with E-state index in [4.69, 9.17) is 25.8 Å². The number of hydrogen-bond donors (Lipinski definition) is 2. The summed E-state index contributed by atoms with van der Waals surface area (Å²) in [4.78, 5) is 20.8. The van der Waals surface area contributed by atoms with E-state index in [1.54, 1.807) is 12.4 Å². The number of anilines is 1. The van der Waals surface area contributed by atoms with E-state index in [0.717, 1.165) is 65.7 Å². The molecule has 2 heterocycles.